The number of rotatable bonds is 5. The first-order chi connectivity index (χ1) is 11.8. The van der Waals surface area contributed by atoms with Crippen LogP contribution in [0, 0.1) is 13.8 Å². The van der Waals surface area contributed by atoms with E-state index in [9.17, 15) is 13.2 Å². The van der Waals surface area contributed by atoms with Gasteiger partial charge in [-0.15, -0.1) is 35.3 Å². The van der Waals surface area contributed by atoms with Gasteiger partial charge in [-0.25, -0.2) is 4.98 Å². The minimum atomic E-state index is -4.31. The molecule has 0 amide bonds. The van der Waals surface area contributed by atoms with Gasteiger partial charge in [0.1, 0.15) is 0 Å². The molecule has 1 aromatic carbocycles. The van der Waals surface area contributed by atoms with Gasteiger partial charge in [-0.2, -0.15) is 13.2 Å². The van der Waals surface area contributed by atoms with Crippen molar-refractivity contribution in [2.45, 2.75) is 33.0 Å². The number of guanidine groups is 1. The van der Waals surface area contributed by atoms with Crippen molar-refractivity contribution >= 4 is 41.3 Å². The van der Waals surface area contributed by atoms with Crippen molar-refractivity contribution in [3.8, 4) is 0 Å². The second kappa shape index (κ2) is 10.1. The highest BCUT2D eigenvalue weighted by atomic mass is 127. The molecule has 0 saturated heterocycles. The second-order valence-corrected chi connectivity index (χ2v) is 6.83. The first-order valence-corrected chi connectivity index (χ1v) is 8.65. The summed E-state index contributed by atoms with van der Waals surface area (Å²) in [6.07, 6.45) is -3.46. The maximum Gasteiger partial charge on any atom is 0.416 e. The third-order valence-corrected chi connectivity index (χ3v) is 4.74. The summed E-state index contributed by atoms with van der Waals surface area (Å²) in [6, 6.07) is 5.10. The third-order valence-electron chi connectivity index (χ3n) is 3.61. The normalized spacial score (nSPS) is 11.8. The average molecular weight is 498 g/mol. The first kappa shape index (κ1) is 22.7. The number of alkyl halides is 3. The quantitative estimate of drug-likeness (QED) is 0.367. The van der Waals surface area contributed by atoms with Gasteiger partial charge in [-0.3, -0.25) is 4.99 Å². The lowest BCUT2D eigenvalue weighted by atomic mass is 10.1. The van der Waals surface area contributed by atoms with Crippen LogP contribution in [0.3, 0.4) is 0 Å². The number of nitrogens with zero attached hydrogens (tertiary/aromatic N) is 2. The zero-order valence-corrected chi connectivity index (χ0v) is 17.9. The summed E-state index contributed by atoms with van der Waals surface area (Å²) in [7, 11) is 1.66. The van der Waals surface area contributed by atoms with Crippen LogP contribution in [0.4, 0.5) is 13.2 Å². The fraction of sp³-hybridized carbons (Fsp3) is 0.412. The highest BCUT2D eigenvalue weighted by Gasteiger charge is 2.29. The van der Waals surface area contributed by atoms with Gasteiger partial charge in [0.05, 0.1) is 16.3 Å². The fourth-order valence-electron chi connectivity index (χ4n) is 2.32. The molecule has 2 aromatic rings. The van der Waals surface area contributed by atoms with E-state index in [1.54, 1.807) is 18.4 Å². The van der Waals surface area contributed by atoms with Gasteiger partial charge in [0.25, 0.3) is 0 Å². The fourth-order valence-corrected chi connectivity index (χ4v) is 3.25. The maximum absolute atomic E-state index is 12.5. The second-order valence-electron chi connectivity index (χ2n) is 5.54. The van der Waals surface area contributed by atoms with E-state index in [1.807, 2.05) is 13.8 Å². The minimum Gasteiger partial charge on any atom is -0.356 e. The summed E-state index contributed by atoms with van der Waals surface area (Å²) in [5, 5.41) is 7.35. The van der Waals surface area contributed by atoms with E-state index in [2.05, 4.69) is 20.6 Å². The number of thiazole rings is 1. The molecule has 4 nitrogen and oxygen atoms in total. The topological polar surface area (TPSA) is 49.3 Å². The Kier molecular flexibility index (Phi) is 8.81. The van der Waals surface area contributed by atoms with Crippen molar-refractivity contribution in [2.24, 2.45) is 4.99 Å². The van der Waals surface area contributed by atoms with Crippen LogP contribution in [0.15, 0.2) is 29.3 Å². The Balaban J connectivity index is 0.00000338. The Morgan fingerprint density at radius 2 is 1.81 bits per heavy atom. The lowest BCUT2D eigenvalue weighted by Gasteiger charge is -2.12. The Morgan fingerprint density at radius 3 is 2.31 bits per heavy atom. The van der Waals surface area contributed by atoms with E-state index >= 15 is 0 Å². The van der Waals surface area contributed by atoms with Crippen molar-refractivity contribution < 1.29 is 13.2 Å². The van der Waals surface area contributed by atoms with Crippen LogP contribution in [0.25, 0.3) is 0 Å². The molecule has 2 N–H and O–H groups in total. The van der Waals surface area contributed by atoms with Crippen LogP contribution in [0.2, 0.25) is 0 Å². The minimum absolute atomic E-state index is 0. The van der Waals surface area contributed by atoms with Gasteiger partial charge in [0, 0.05) is 31.4 Å². The monoisotopic (exact) mass is 498 g/mol. The number of aromatic nitrogens is 1. The maximum atomic E-state index is 12.5. The van der Waals surface area contributed by atoms with Gasteiger partial charge in [-0.1, -0.05) is 12.1 Å². The standard InChI is InChI=1S/C17H21F3N4S.HI/c1-11-15(25-12(2)24-11)8-9-22-16(21-3)23-10-13-4-6-14(7-5-13)17(18,19)20;/h4-7H,8-10H2,1-3H3,(H2,21,22,23);1H. The zero-order valence-electron chi connectivity index (χ0n) is 14.8. The highest BCUT2D eigenvalue weighted by Crippen LogP contribution is 2.29. The molecule has 0 fully saturated rings. The largest absolute Gasteiger partial charge is 0.416 e. The number of hydrogen-bond donors (Lipinski definition) is 2. The van der Waals surface area contributed by atoms with Gasteiger partial charge in [0.15, 0.2) is 5.96 Å². The zero-order chi connectivity index (χ0) is 18.4. The van der Waals surface area contributed by atoms with Crippen LogP contribution >= 0.6 is 35.3 Å². The lowest BCUT2D eigenvalue weighted by molar-refractivity contribution is -0.137. The molecule has 1 heterocycles. The van der Waals surface area contributed by atoms with Crippen molar-refractivity contribution in [3.63, 3.8) is 0 Å². The van der Waals surface area contributed by atoms with Gasteiger partial charge < -0.3 is 10.6 Å². The van der Waals surface area contributed by atoms with Crippen LogP contribution in [0.1, 0.15) is 26.7 Å². The number of hydrogen-bond acceptors (Lipinski definition) is 3. The molecular weight excluding hydrogens is 476 g/mol. The van der Waals surface area contributed by atoms with E-state index in [4.69, 9.17) is 0 Å². The molecule has 2 rings (SSSR count). The Morgan fingerprint density at radius 1 is 1.15 bits per heavy atom. The summed E-state index contributed by atoms with van der Waals surface area (Å²) >= 11 is 1.68. The van der Waals surface area contributed by atoms with Crippen molar-refractivity contribution in [1.82, 2.24) is 15.6 Å². The molecule has 9 heteroatoms. The number of benzene rings is 1. The Bertz CT molecular complexity index is 727. The molecular formula is C17H22F3IN4S. The number of nitrogens with one attached hydrogen (secondary N) is 2. The van der Waals surface area contributed by atoms with Gasteiger partial charge in [0.2, 0.25) is 0 Å². The highest BCUT2D eigenvalue weighted by molar-refractivity contribution is 14.0. The van der Waals surface area contributed by atoms with E-state index < -0.39 is 11.7 Å². The SMILES string of the molecule is CN=C(NCCc1sc(C)nc1C)NCc1ccc(C(F)(F)F)cc1.I. The smallest absolute Gasteiger partial charge is 0.356 e. The summed E-state index contributed by atoms with van der Waals surface area (Å²) in [6.45, 7) is 5.08. The van der Waals surface area contributed by atoms with Crippen LogP contribution in [-0.4, -0.2) is 24.5 Å². The predicted octanol–water partition coefficient (Wildman–Crippen LogP) is 4.30. The lowest BCUT2D eigenvalue weighted by Crippen LogP contribution is -2.37. The molecule has 0 atom stereocenters. The first-order valence-electron chi connectivity index (χ1n) is 7.83. The van der Waals surface area contributed by atoms with Crippen LogP contribution in [0.5, 0.6) is 0 Å². The predicted molar refractivity (Wildman–Crippen MR) is 110 cm³/mol. The third kappa shape index (κ3) is 6.75. The molecule has 0 aliphatic rings. The molecule has 0 radical (unpaired) electrons. The van der Waals surface area contributed by atoms with Crippen LogP contribution in [-0.2, 0) is 19.1 Å². The van der Waals surface area contributed by atoms with E-state index in [0.29, 0.717) is 19.0 Å². The summed E-state index contributed by atoms with van der Waals surface area (Å²) in [5.74, 6) is 0.610. The molecule has 0 bridgehead atoms. The van der Waals surface area contributed by atoms with E-state index in [1.165, 1.54) is 17.0 Å². The van der Waals surface area contributed by atoms with E-state index in [-0.39, 0.29) is 24.0 Å². The molecule has 1 aromatic heterocycles. The van der Waals surface area contributed by atoms with Crippen molar-refractivity contribution in [2.75, 3.05) is 13.6 Å². The molecule has 0 aliphatic carbocycles. The van der Waals surface area contributed by atoms with E-state index in [0.717, 1.165) is 34.8 Å². The molecule has 0 spiro atoms. The number of halogens is 4. The number of aryl methyl sites for hydroxylation is 2. The molecule has 26 heavy (non-hydrogen) atoms. The molecule has 0 saturated carbocycles. The summed E-state index contributed by atoms with van der Waals surface area (Å²) < 4.78 is 37.6. The van der Waals surface area contributed by atoms with Gasteiger partial charge in [-0.05, 0) is 31.5 Å². The number of aliphatic imine (C=N–C) groups is 1. The average Bonchev–Trinajstić information content (AvgIpc) is 2.88. The summed E-state index contributed by atoms with van der Waals surface area (Å²) in [5.41, 5.74) is 1.16. The van der Waals surface area contributed by atoms with Gasteiger partial charge >= 0.3 is 6.18 Å². The van der Waals surface area contributed by atoms with Crippen molar-refractivity contribution in [3.05, 3.63) is 51.0 Å². The molecule has 144 valence electrons. The molecule has 0 aliphatic heterocycles. The Labute approximate surface area is 172 Å². The van der Waals surface area contributed by atoms with Crippen molar-refractivity contribution in [1.29, 1.82) is 0 Å². The summed E-state index contributed by atoms with van der Waals surface area (Å²) in [4.78, 5) is 9.75. The molecule has 0 unspecified atom stereocenters. The van der Waals surface area contributed by atoms with Crippen LogP contribution < -0.4 is 10.6 Å². The Hall–Kier alpha value is -1.36.